The number of guanidine groups is 1. The third-order valence-electron chi connectivity index (χ3n) is 3.99. The van der Waals surface area contributed by atoms with E-state index in [1.807, 2.05) is 36.4 Å². The number of nitrogens with one attached hydrogen (secondary N) is 3. The van der Waals surface area contributed by atoms with Gasteiger partial charge in [-0.1, -0.05) is 18.2 Å². The molecule has 0 aliphatic heterocycles. The van der Waals surface area contributed by atoms with Crippen molar-refractivity contribution in [2.45, 2.75) is 13.0 Å². The quantitative estimate of drug-likeness (QED) is 0.208. The number of anilines is 1. The second kappa shape index (κ2) is 13.8. The van der Waals surface area contributed by atoms with E-state index in [2.05, 4.69) is 20.9 Å². The fourth-order valence-electron chi connectivity index (χ4n) is 2.48. The van der Waals surface area contributed by atoms with Crippen molar-refractivity contribution in [1.29, 1.82) is 0 Å². The number of carbonyl (C=O) groups is 1. The lowest BCUT2D eigenvalue weighted by molar-refractivity contribution is 0.0963. The molecule has 0 unspecified atom stereocenters. The summed E-state index contributed by atoms with van der Waals surface area (Å²) in [5.74, 6) is 1.34. The van der Waals surface area contributed by atoms with Crippen LogP contribution in [0.25, 0.3) is 0 Å². The Morgan fingerprint density at radius 3 is 2.52 bits per heavy atom. The number of carbonyl (C=O) groups excluding carboxylic acids is 1. The summed E-state index contributed by atoms with van der Waals surface area (Å²) in [6, 6.07) is 15.2. The van der Waals surface area contributed by atoms with Crippen LogP contribution in [0.15, 0.2) is 53.5 Å². The van der Waals surface area contributed by atoms with E-state index in [-0.39, 0.29) is 29.9 Å². The molecule has 0 saturated heterocycles. The summed E-state index contributed by atoms with van der Waals surface area (Å²) in [6.45, 7) is 1.87. The Kier molecular flexibility index (Phi) is 11.7. The van der Waals surface area contributed by atoms with Crippen molar-refractivity contribution in [3.05, 3.63) is 59.7 Å². The first-order chi connectivity index (χ1) is 13.7. The van der Waals surface area contributed by atoms with Gasteiger partial charge in [0.2, 0.25) is 0 Å². The smallest absolute Gasteiger partial charge is 0.251 e. The summed E-state index contributed by atoms with van der Waals surface area (Å²) in [4.78, 5) is 15.8. The summed E-state index contributed by atoms with van der Waals surface area (Å²) in [5, 5.41) is 9.12. The highest BCUT2D eigenvalue weighted by Crippen LogP contribution is 2.17. The van der Waals surface area contributed by atoms with Crippen LogP contribution < -0.4 is 20.7 Å². The summed E-state index contributed by atoms with van der Waals surface area (Å²) in [6.07, 6.45) is 0.843. The first kappa shape index (κ1) is 24.7. The molecule has 7 nitrogen and oxygen atoms in total. The number of halogens is 1. The van der Waals surface area contributed by atoms with E-state index in [0.29, 0.717) is 31.3 Å². The third-order valence-corrected chi connectivity index (χ3v) is 3.99. The van der Waals surface area contributed by atoms with Crippen molar-refractivity contribution < 1.29 is 14.3 Å². The summed E-state index contributed by atoms with van der Waals surface area (Å²) >= 11 is 0. The molecule has 0 heterocycles. The van der Waals surface area contributed by atoms with Crippen LogP contribution in [0.3, 0.4) is 0 Å². The van der Waals surface area contributed by atoms with Crippen molar-refractivity contribution in [3.8, 4) is 5.75 Å². The van der Waals surface area contributed by atoms with E-state index < -0.39 is 0 Å². The van der Waals surface area contributed by atoms with Crippen LogP contribution in [0.5, 0.6) is 5.75 Å². The zero-order valence-corrected chi connectivity index (χ0v) is 19.4. The Morgan fingerprint density at radius 1 is 1.10 bits per heavy atom. The molecule has 0 spiro atoms. The van der Waals surface area contributed by atoms with Crippen molar-refractivity contribution >= 4 is 41.5 Å². The molecule has 3 N–H and O–H groups in total. The van der Waals surface area contributed by atoms with Crippen LogP contribution in [0.4, 0.5) is 5.69 Å². The highest BCUT2D eigenvalue weighted by molar-refractivity contribution is 14.0. The zero-order valence-electron chi connectivity index (χ0n) is 17.0. The number of hydrogen-bond donors (Lipinski definition) is 3. The predicted molar refractivity (Wildman–Crippen MR) is 127 cm³/mol. The Morgan fingerprint density at radius 2 is 1.86 bits per heavy atom. The third kappa shape index (κ3) is 8.70. The number of nitrogens with zero attached hydrogens (tertiary/aromatic N) is 1. The van der Waals surface area contributed by atoms with E-state index >= 15 is 0 Å². The van der Waals surface area contributed by atoms with E-state index in [1.54, 1.807) is 33.3 Å². The van der Waals surface area contributed by atoms with Gasteiger partial charge >= 0.3 is 0 Å². The minimum absolute atomic E-state index is 0. The largest absolute Gasteiger partial charge is 0.493 e. The maximum atomic E-state index is 11.6. The van der Waals surface area contributed by atoms with Crippen molar-refractivity contribution in [3.63, 3.8) is 0 Å². The molecule has 0 saturated carbocycles. The van der Waals surface area contributed by atoms with Gasteiger partial charge in [-0.15, -0.1) is 24.0 Å². The molecule has 0 atom stereocenters. The second-order valence-corrected chi connectivity index (χ2v) is 6.05. The SMILES string of the molecule is CN=C(NCc1ccc(C(=O)NC)cc1)Nc1cccc(OCCCOC)c1.I. The molecular formula is C21H29IN4O3. The maximum absolute atomic E-state index is 11.6. The normalized spacial score (nSPS) is 10.7. The molecule has 0 aromatic heterocycles. The Labute approximate surface area is 189 Å². The van der Waals surface area contributed by atoms with Crippen molar-refractivity contribution in [1.82, 2.24) is 10.6 Å². The average Bonchev–Trinajstić information content (AvgIpc) is 2.74. The minimum atomic E-state index is -0.0960. The number of methoxy groups -OCH3 is 1. The van der Waals surface area contributed by atoms with Gasteiger partial charge in [-0.05, 0) is 29.8 Å². The topological polar surface area (TPSA) is 84.0 Å². The fraction of sp³-hybridized carbons (Fsp3) is 0.333. The molecule has 0 aliphatic rings. The number of aliphatic imine (C=N–C) groups is 1. The lowest BCUT2D eigenvalue weighted by atomic mass is 10.1. The number of hydrogen-bond acceptors (Lipinski definition) is 4. The zero-order chi connectivity index (χ0) is 20.2. The molecule has 0 fully saturated rings. The molecule has 29 heavy (non-hydrogen) atoms. The lowest BCUT2D eigenvalue weighted by Gasteiger charge is -2.13. The molecule has 2 aromatic rings. The molecule has 2 rings (SSSR count). The van der Waals surface area contributed by atoms with E-state index in [9.17, 15) is 4.79 Å². The van der Waals surface area contributed by atoms with Gasteiger partial charge in [0.15, 0.2) is 5.96 Å². The molecule has 8 heteroatoms. The van der Waals surface area contributed by atoms with Gasteiger partial charge in [-0.25, -0.2) is 0 Å². The summed E-state index contributed by atoms with van der Waals surface area (Å²) in [5.41, 5.74) is 2.56. The summed E-state index contributed by atoms with van der Waals surface area (Å²) < 4.78 is 10.7. The van der Waals surface area contributed by atoms with Crippen molar-refractivity contribution in [2.24, 2.45) is 4.99 Å². The monoisotopic (exact) mass is 512 g/mol. The van der Waals surface area contributed by atoms with Crippen molar-refractivity contribution in [2.75, 3.05) is 39.7 Å². The van der Waals surface area contributed by atoms with E-state index in [0.717, 1.165) is 23.4 Å². The minimum Gasteiger partial charge on any atom is -0.493 e. The van der Waals surface area contributed by atoms with Gasteiger partial charge in [0.05, 0.1) is 6.61 Å². The van der Waals surface area contributed by atoms with Gasteiger partial charge < -0.3 is 25.4 Å². The molecule has 0 aliphatic carbocycles. The Balaban J connectivity index is 0.00000420. The van der Waals surface area contributed by atoms with Crippen LogP contribution in [0.1, 0.15) is 22.3 Å². The van der Waals surface area contributed by atoms with Gasteiger partial charge in [0, 0.05) is 58.1 Å². The molecule has 2 aromatic carbocycles. The van der Waals surface area contributed by atoms with Gasteiger partial charge in [0.25, 0.3) is 5.91 Å². The van der Waals surface area contributed by atoms with Gasteiger partial charge in [-0.2, -0.15) is 0 Å². The van der Waals surface area contributed by atoms with Crippen LogP contribution in [-0.4, -0.2) is 46.3 Å². The fourth-order valence-corrected chi connectivity index (χ4v) is 2.48. The van der Waals surface area contributed by atoms with Crippen LogP contribution in [-0.2, 0) is 11.3 Å². The van der Waals surface area contributed by atoms with E-state index in [1.165, 1.54) is 0 Å². The first-order valence-electron chi connectivity index (χ1n) is 9.16. The Bertz CT molecular complexity index is 782. The van der Waals surface area contributed by atoms with Crippen LogP contribution in [0.2, 0.25) is 0 Å². The molecule has 1 amide bonds. The molecule has 0 bridgehead atoms. The lowest BCUT2D eigenvalue weighted by Crippen LogP contribution is -2.30. The Hall–Kier alpha value is -2.33. The van der Waals surface area contributed by atoms with Gasteiger partial charge in [-0.3, -0.25) is 9.79 Å². The highest BCUT2D eigenvalue weighted by atomic mass is 127. The number of benzene rings is 2. The maximum Gasteiger partial charge on any atom is 0.251 e. The standard InChI is InChI=1S/C21H28N4O3.HI/c1-22-20(26)17-10-8-16(9-11-17)15-24-21(23-2)25-18-6-4-7-19(14-18)28-13-5-12-27-3;/h4,6-11,14H,5,12-13,15H2,1-3H3,(H,22,26)(H2,23,24,25);1H. The molecule has 0 radical (unpaired) electrons. The first-order valence-corrected chi connectivity index (χ1v) is 9.16. The number of amides is 1. The molecule has 158 valence electrons. The van der Waals surface area contributed by atoms with E-state index in [4.69, 9.17) is 9.47 Å². The average molecular weight is 512 g/mol. The molecular weight excluding hydrogens is 483 g/mol. The van der Waals surface area contributed by atoms with Crippen LogP contribution in [0, 0.1) is 0 Å². The van der Waals surface area contributed by atoms with Crippen LogP contribution >= 0.6 is 24.0 Å². The van der Waals surface area contributed by atoms with Gasteiger partial charge in [0.1, 0.15) is 5.75 Å². The summed E-state index contributed by atoms with van der Waals surface area (Å²) in [7, 11) is 5.02. The number of rotatable bonds is 9. The number of ether oxygens (including phenoxy) is 2. The predicted octanol–water partition coefficient (Wildman–Crippen LogP) is 3.27. The second-order valence-electron chi connectivity index (χ2n) is 6.05. The highest BCUT2D eigenvalue weighted by Gasteiger charge is 2.04.